The van der Waals surface area contributed by atoms with E-state index in [0.29, 0.717) is 18.0 Å². The van der Waals surface area contributed by atoms with Gasteiger partial charge < -0.3 is 5.73 Å². The molecular formula is C8H15N4O+. The molecule has 2 N–H and O–H groups in total. The van der Waals surface area contributed by atoms with Gasteiger partial charge >= 0.3 is 0 Å². The SMILES string of the molecule is CC1CCC(C)N1[n+]1cc(N)on1. The first-order valence-corrected chi connectivity index (χ1v) is 4.61. The molecule has 1 saturated heterocycles. The normalized spacial score (nSPS) is 28.3. The van der Waals surface area contributed by atoms with E-state index in [0.717, 1.165) is 0 Å². The lowest BCUT2D eigenvalue weighted by Crippen LogP contribution is -2.63. The minimum atomic E-state index is 0.353. The first kappa shape index (κ1) is 8.34. The van der Waals surface area contributed by atoms with Crippen LogP contribution >= 0.6 is 0 Å². The number of nitrogens with two attached hydrogens (primary N) is 1. The van der Waals surface area contributed by atoms with Crippen molar-refractivity contribution in [2.45, 2.75) is 38.8 Å². The maximum atomic E-state index is 5.46. The molecule has 2 atom stereocenters. The fourth-order valence-corrected chi connectivity index (χ4v) is 1.94. The number of nitrogen functional groups attached to an aromatic ring is 1. The standard InChI is InChI=1S/C8H15N4O/c1-6-3-4-7(2)12(6)11-5-8(9)13-10-11/h5-7H,3-4,9H2,1-2H3/q+1. The molecule has 1 aromatic heterocycles. The molecule has 5 nitrogen and oxygen atoms in total. The second-order valence-corrected chi connectivity index (χ2v) is 3.68. The summed E-state index contributed by atoms with van der Waals surface area (Å²) >= 11 is 0. The van der Waals surface area contributed by atoms with Gasteiger partial charge in [0, 0.05) is 0 Å². The van der Waals surface area contributed by atoms with E-state index < -0.39 is 0 Å². The Morgan fingerprint density at radius 1 is 1.54 bits per heavy atom. The highest BCUT2D eigenvalue weighted by molar-refractivity contribution is 5.12. The lowest BCUT2D eigenvalue weighted by molar-refractivity contribution is -0.762. The Morgan fingerprint density at radius 3 is 2.62 bits per heavy atom. The van der Waals surface area contributed by atoms with Gasteiger partial charge in [0.1, 0.15) is 0 Å². The van der Waals surface area contributed by atoms with Crippen molar-refractivity contribution in [3.05, 3.63) is 6.20 Å². The van der Waals surface area contributed by atoms with Gasteiger partial charge in [-0.05, 0) is 26.7 Å². The largest absolute Gasteiger partial charge is 0.362 e. The van der Waals surface area contributed by atoms with Crippen LogP contribution in [0.4, 0.5) is 5.88 Å². The molecule has 1 fully saturated rings. The lowest BCUT2D eigenvalue weighted by atomic mass is 10.2. The average molecular weight is 183 g/mol. The molecule has 0 bridgehead atoms. The molecule has 0 radical (unpaired) electrons. The number of aromatic nitrogens is 2. The Bertz CT molecular complexity index is 288. The molecule has 1 aliphatic rings. The summed E-state index contributed by atoms with van der Waals surface area (Å²) in [5.74, 6) is 0.353. The summed E-state index contributed by atoms with van der Waals surface area (Å²) in [7, 11) is 0. The van der Waals surface area contributed by atoms with Crippen molar-refractivity contribution < 1.29 is 9.31 Å². The molecule has 0 spiro atoms. The maximum Gasteiger partial charge on any atom is 0.296 e. The Morgan fingerprint density at radius 2 is 2.15 bits per heavy atom. The Hall–Kier alpha value is -1.26. The van der Waals surface area contributed by atoms with Gasteiger partial charge in [-0.1, -0.05) is 0 Å². The van der Waals surface area contributed by atoms with Crippen molar-refractivity contribution in [3.8, 4) is 0 Å². The quantitative estimate of drug-likeness (QED) is 0.625. The summed E-state index contributed by atoms with van der Waals surface area (Å²) in [5.41, 5.74) is 5.46. The zero-order chi connectivity index (χ0) is 9.42. The predicted octanol–water partition coefficient (Wildman–Crippen LogP) is 0.0531. The molecule has 0 aromatic carbocycles. The van der Waals surface area contributed by atoms with Crippen LogP contribution < -0.4 is 15.5 Å². The van der Waals surface area contributed by atoms with Crippen LogP contribution in [0.15, 0.2) is 10.7 Å². The zero-order valence-electron chi connectivity index (χ0n) is 7.97. The first-order valence-electron chi connectivity index (χ1n) is 4.61. The van der Waals surface area contributed by atoms with E-state index in [1.807, 2.05) is 0 Å². The molecule has 0 saturated carbocycles. The van der Waals surface area contributed by atoms with Crippen LogP contribution in [0, 0.1) is 0 Å². The molecule has 2 unspecified atom stereocenters. The molecular weight excluding hydrogens is 168 g/mol. The molecule has 1 aromatic rings. The number of rotatable bonds is 1. The summed E-state index contributed by atoms with van der Waals surface area (Å²) in [6.45, 7) is 4.36. The Kier molecular flexibility index (Phi) is 1.86. The van der Waals surface area contributed by atoms with E-state index in [-0.39, 0.29) is 0 Å². The van der Waals surface area contributed by atoms with Crippen LogP contribution in [0.3, 0.4) is 0 Å². The predicted molar refractivity (Wildman–Crippen MR) is 47.5 cm³/mol. The molecule has 0 amide bonds. The lowest BCUT2D eigenvalue weighted by Gasteiger charge is -2.15. The van der Waals surface area contributed by atoms with Crippen LogP contribution in [-0.2, 0) is 0 Å². The minimum absolute atomic E-state index is 0.353. The molecule has 5 heteroatoms. The average Bonchev–Trinajstić information content (AvgIpc) is 2.60. The van der Waals surface area contributed by atoms with Gasteiger partial charge in [0.15, 0.2) is 0 Å². The zero-order valence-corrected chi connectivity index (χ0v) is 7.97. The molecule has 72 valence electrons. The first-order chi connectivity index (χ1) is 6.18. The van der Waals surface area contributed by atoms with Gasteiger partial charge in [0.2, 0.25) is 5.27 Å². The molecule has 2 rings (SSSR count). The van der Waals surface area contributed by atoms with Gasteiger partial charge in [-0.25, -0.2) is 0 Å². The third-order valence-corrected chi connectivity index (χ3v) is 2.61. The summed E-state index contributed by atoms with van der Waals surface area (Å²) in [4.78, 5) is 1.71. The van der Waals surface area contributed by atoms with Crippen LogP contribution in [0.1, 0.15) is 26.7 Å². The van der Waals surface area contributed by atoms with Crippen LogP contribution in [-0.4, -0.2) is 17.4 Å². The highest BCUT2D eigenvalue weighted by atomic mass is 16.5. The second kappa shape index (κ2) is 2.90. The van der Waals surface area contributed by atoms with Gasteiger partial charge in [0.25, 0.3) is 12.1 Å². The topological polar surface area (TPSA) is 59.2 Å². The summed E-state index contributed by atoms with van der Waals surface area (Å²) in [5, 5.41) is 6.02. The van der Waals surface area contributed by atoms with Gasteiger partial charge in [0.05, 0.1) is 16.9 Å². The third kappa shape index (κ3) is 1.34. The number of hydrogen-bond donors (Lipinski definition) is 1. The number of hydrogen-bond acceptors (Lipinski definition) is 4. The van der Waals surface area contributed by atoms with Crippen molar-refractivity contribution in [1.29, 1.82) is 0 Å². The number of anilines is 1. The van der Waals surface area contributed by atoms with Crippen molar-refractivity contribution in [3.63, 3.8) is 0 Å². The molecule has 13 heavy (non-hydrogen) atoms. The monoisotopic (exact) mass is 183 g/mol. The molecule has 2 heterocycles. The van der Waals surface area contributed by atoms with Crippen LogP contribution in [0.5, 0.6) is 0 Å². The van der Waals surface area contributed by atoms with E-state index >= 15 is 0 Å². The third-order valence-electron chi connectivity index (χ3n) is 2.61. The van der Waals surface area contributed by atoms with E-state index in [1.165, 1.54) is 12.8 Å². The van der Waals surface area contributed by atoms with Crippen molar-refractivity contribution >= 4 is 5.88 Å². The fraction of sp³-hybridized carbons (Fsp3) is 0.750. The summed E-state index contributed by atoms with van der Waals surface area (Å²) in [6.07, 6.45) is 4.10. The van der Waals surface area contributed by atoms with Crippen LogP contribution in [0.25, 0.3) is 0 Å². The Balaban J connectivity index is 2.24. The highest BCUT2D eigenvalue weighted by Gasteiger charge is 2.35. The molecule has 1 aliphatic heterocycles. The number of nitrogens with zero attached hydrogens (tertiary/aromatic N) is 3. The van der Waals surface area contributed by atoms with E-state index in [9.17, 15) is 0 Å². The van der Waals surface area contributed by atoms with E-state index in [1.54, 1.807) is 11.0 Å². The van der Waals surface area contributed by atoms with E-state index in [2.05, 4.69) is 24.1 Å². The van der Waals surface area contributed by atoms with Gasteiger partial charge in [-0.15, -0.1) is 5.01 Å². The van der Waals surface area contributed by atoms with Crippen molar-refractivity contribution in [1.82, 2.24) is 5.27 Å². The molecule has 0 aliphatic carbocycles. The van der Waals surface area contributed by atoms with Crippen molar-refractivity contribution in [2.75, 3.05) is 10.7 Å². The highest BCUT2D eigenvalue weighted by Crippen LogP contribution is 2.18. The van der Waals surface area contributed by atoms with Crippen LogP contribution in [0.2, 0.25) is 0 Å². The smallest absolute Gasteiger partial charge is 0.296 e. The van der Waals surface area contributed by atoms with Gasteiger partial charge in [-0.3, -0.25) is 4.52 Å². The second-order valence-electron chi connectivity index (χ2n) is 3.68. The van der Waals surface area contributed by atoms with Crippen molar-refractivity contribution in [2.24, 2.45) is 0 Å². The summed E-state index contributed by atoms with van der Waals surface area (Å²) < 4.78 is 4.82. The summed E-state index contributed by atoms with van der Waals surface area (Å²) in [6, 6.07) is 1.01. The van der Waals surface area contributed by atoms with E-state index in [4.69, 9.17) is 10.3 Å². The Labute approximate surface area is 77.0 Å². The van der Waals surface area contributed by atoms with Gasteiger partial charge in [-0.2, -0.15) is 0 Å². The maximum absolute atomic E-state index is 5.46. The minimum Gasteiger partial charge on any atom is -0.362 e. The fourth-order valence-electron chi connectivity index (χ4n) is 1.94.